The fourth-order valence-corrected chi connectivity index (χ4v) is 9.84. The summed E-state index contributed by atoms with van der Waals surface area (Å²) in [7, 11) is 0. The monoisotopic (exact) mass is 713 g/mol. The first-order valence-corrected chi connectivity index (χ1v) is 19.5. The van der Waals surface area contributed by atoms with Gasteiger partial charge in [0.15, 0.2) is 0 Å². The number of furan rings is 2. The van der Waals surface area contributed by atoms with Crippen molar-refractivity contribution >= 4 is 60.9 Å². The third-order valence-electron chi connectivity index (χ3n) is 12.8. The quantitative estimate of drug-likeness (QED) is 0.183. The van der Waals surface area contributed by atoms with Crippen LogP contribution in [0.1, 0.15) is 76.3 Å². The summed E-state index contributed by atoms with van der Waals surface area (Å²) in [5.74, 6) is 0. The van der Waals surface area contributed by atoms with Gasteiger partial charge in [-0.2, -0.15) is 0 Å². The van der Waals surface area contributed by atoms with Gasteiger partial charge in [0.2, 0.25) is 0 Å². The maximum Gasteiger partial charge on any atom is 0.143 e. The molecule has 7 aromatic carbocycles. The van der Waals surface area contributed by atoms with Gasteiger partial charge in [0.05, 0.1) is 5.69 Å². The molecular formula is C52H43NO2. The van der Waals surface area contributed by atoms with Crippen molar-refractivity contribution in [2.45, 2.75) is 64.7 Å². The molecule has 2 aliphatic carbocycles. The van der Waals surface area contributed by atoms with Gasteiger partial charge in [-0.3, -0.25) is 0 Å². The van der Waals surface area contributed by atoms with Crippen molar-refractivity contribution in [1.82, 2.24) is 0 Å². The summed E-state index contributed by atoms with van der Waals surface area (Å²) in [6.07, 6.45) is 0. The Morgan fingerprint density at radius 3 is 1.95 bits per heavy atom. The van der Waals surface area contributed by atoms with Crippen LogP contribution in [0.15, 0.2) is 142 Å². The lowest BCUT2D eigenvalue weighted by Crippen LogP contribution is -2.17. The molecule has 0 fully saturated rings. The van der Waals surface area contributed by atoms with Crippen LogP contribution in [0.3, 0.4) is 0 Å². The van der Waals surface area contributed by atoms with E-state index >= 15 is 0 Å². The van der Waals surface area contributed by atoms with Crippen LogP contribution in [0.25, 0.3) is 66.1 Å². The zero-order valence-electron chi connectivity index (χ0n) is 32.5. The first-order valence-electron chi connectivity index (χ1n) is 19.5. The molecule has 55 heavy (non-hydrogen) atoms. The Balaban J connectivity index is 1.21. The normalized spacial score (nSPS) is 15.1. The number of fused-ring (bicyclic) bond motifs is 13. The zero-order chi connectivity index (χ0) is 37.6. The SMILES string of the molecule is CC(C)(C)c1ccc2oc3c4c(ccc3c2c1)C(C)(C)c1cccc(N(c2ccc3c(c2)C(C)(C)c2ccccc2-3)c2ccc3oc5ccccc5c3c2)c1-4. The summed E-state index contributed by atoms with van der Waals surface area (Å²) in [5, 5.41) is 4.56. The van der Waals surface area contributed by atoms with Gasteiger partial charge in [-0.25, -0.2) is 0 Å². The number of hydrogen-bond acceptors (Lipinski definition) is 3. The largest absolute Gasteiger partial charge is 0.456 e. The molecule has 2 heterocycles. The molecule has 0 saturated heterocycles. The molecule has 3 heteroatoms. The fraction of sp³-hybridized carbons (Fsp3) is 0.192. The molecule has 2 aliphatic rings. The van der Waals surface area contributed by atoms with E-state index in [1.165, 1.54) is 55.5 Å². The molecular weight excluding hydrogens is 671 g/mol. The van der Waals surface area contributed by atoms with E-state index in [0.29, 0.717) is 0 Å². The number of nitrogens with zero attached hydrogens (tertiary/aromatic N) is 1. The highest BCUT2D eigenvalue weighted by Gasteiger charge is 2.41. The van der Waals surface area contributed by atoms with Crippen LogP contribution in [0, 0.1) is 0 Å². The predicted molar refractivity (Wildman–Crippen MR) is 230 cm³/mol. The van der Waals surface area contributed by atoms with Crippen molar-refractivity contribution in [1.29, 1.82) is 0 Å². The Labute approximate surface area is 321 Å². The second-order valence-corrected chi connectivity index (χ2v) is 17.8. The number of benzene rings is 7. The molecule has 0 N–H and O–H groups in total. The van der Waals surface area contributed by atoms with Crippen molar-refractivity contribution < 1.29 is 8.83 Å². The average molecular weight is 714 g/mol. The second kappa shape index (κ2) is 10.8. The highest BCUT2D eigenvalue weighted by molar-refractivity contribution is 6.14. The number of hydrogen-bond donors (Lipinski definition) is 0. The topological polar surface area (TPSA) is 29.5 Å². The maximum atomic E-state index is 6.95. The van der Waals surface area contributed by atoms with Crippen molar-refractivity contribution in [2.75, 3.05) is 4.90 Å². The van der Waals surface area contributed by atoms with E-state index in [2.05, 4.69) is 181 Å². The van der Waals surface area contributed by atoms with Crippen molar-refractivity contribution in [3.63, 3.8) is 0 Å². The minimum Gasteiger partial charge on any atom is -0.456 e. The van der Waals surface area contributed by atoms with Crippen molar-refractivity contribution in [2.24, 2.45) is 0 Å². The summed E-state index contributed by atoms with van der Waals surface area (Å²) in [4.78, 5) is 2.48. The Kier molecular flexibility index (Phi) is 6.35. The molecule has 0 saturated carbocycles. The molecule has 2 aromatic heterocycles. The first kappa shape index (κ1) is 32.4. The van der Waals surface area contributed by atoms with Gasteiger partial charge in [0, 0.05) is 54.9 Å². The van der Waals surface area contributed by atoms with E-state index in [4.69, 9.17) is 8.83 Å². The highest BCUT2D eigenvalue weighted by Crippen LogP contribution is 2.58. The lowest BCUT2D eigenvalue weighted by atomic mass is 9.82. The lowest BCUT2D eigenvalue weighted by Gasteiger charge is -2.30. The number of para-hydroxylation sites is 1. The molecule has 0 bridgehead atoms. The number of rotatable bonds is 3. The third kappa shape index (κ3) is 4.38. The molecule has 11 rings (SSSR count). The number of anilines is 3. The van der Waals surface area contributed by atoms with Gasteiger partial charge in [0.25, 0.3) is 0 Å². The minimum atomic E-state index is -0.234. The van der Waals surface area contributed by atoms with Crippen molar-refractivity contribution in [3.8, 4) is 22.3 Å². The van der Waals surface area contributed by atoms with Crippen LogP contribution in [0.5, 0.6) is 0 Å². The highest BCUT2D eigenvalue weighted by atomic mass is 16.3. The maximum absolute atomic E-state index is 6.95. The molecule has 0 radical (unpaired) electrons. The van der Waals surface area contributed by atoms with Gasteiger partial charge in [-0.05, 0) is 99.0 Å². The van der Waals surface area contributed by atoms with Gasteiger partial charge >= 0.3 is 0 Å². The summed E-state index contributed by atoms with van der Waals surface area (Å²) in [5.41, 5.74) is 18.3. The van der Waals surface area contributed by atoms with Gasteiger partial charge in [0.1, 0.15) is 22.3 Å². The molecule has 0 aliphatic heterocycles. The van der Waals surface area contributed by atoms with Crippen LogP contribution in [-0.2, 0) is 16.2 Å². The predicted octanol–water partition coefficient (Wildman–Crippen LogP) is 14.9. The van der Waals surface area contributed by atoms with E-state index in [9.17, 15) is 0 Å². The summed E-state index contributed by atoms with van der Waals surface area (Å²) in [6.45, 7) is 16.3. The van der Waals surface area contributed by atoms with Crippen LogP contribution in [0.4, 0.5) is 17.1 Å². The Morgan fingerprint density at radius 2 is 1.09 bits per heavy atom. The van der Waals surface area contributed by atoms with E-state index in [1.807, 2.05) is 6.07 Å². The molecule has 0 unspecified atom stereocenters. The molecule has 3 nitrogen and oxygen atoms in total. The second-order valence-electron chi connectivity index (χ2n) is 17.8. The Hall–Kier alpha value is -6.06. The molecule has 0 spiro atoms. The standard InChI is InChI=1S/C52H43NO2/c1-50(2,3)30-19-25-46-37(27-30)36-23-24-41-48(49(36)55-46)47-40(52(41,6)7)16-12-17-43(47)53(31-21-26-45-38(28-31)35-14-9-11-18-44(35)54-45)32-20-22-34-33-13-8-10-15-39(33)51(4,5)42(34)29-32/h8-29H,1-7H3. The third-order valence-corrected chi connectivity index (χ3v) is 12.8. The average Bonchev–Trinajstić information content (AvgIpc) is 3.87. The van der Waals surface area contributed by atoms with E-state index < -0.39 is 0 Å². The Morgan fingerprint density at radius 1 is 0.455 bits per heavy atom. The molecule has 0 atom stereocenters. The van der Waals surface area contributed by atoms with Crippen LogP contribution >= 0.6 is 0 Å². The molecule has 0 amide bonds. The van der Waals surface area contributed by atoms with Crippen LogP contribution in [0.2, 0.25) is 0 Å². The van der Waals surface area contributed by atoms with Gasteiger partial charge < -0.3 is 13.7 Å². The molecule has 268 valence electrons. The summed E-state index contributed by atoms with van der Waals surface area (Å²) in [6, 6.07) is 49.2. The van der Waals surface area contributed by atoms with Crippen LogP contribution in [-0.4, -0.2) is 0 Å². The smallest absolute Gasteiger partial charge is 0.143 e. The van der Waals surface area contributed by atoms with Crippen LogP contribution < -0.4 is 4.90 Å². The van der Waals surface area contributed by atoms with E-state index in [0.717, 1.165) is 55.6 Å². The van der Waals surface area contributed by atoms with E-state index in [-0.39, 0.29) is 16.2 Å². The van der Waals surface area contributed by atoms with Crippen molar-refractivity contribution in [3.05, 3.63) is 161 Å². The summed E-state index contributed by atoms with van der Waals surface area (Å²) < 4.78 is 13.3. The molecule has 9 aromatic rings. The first-order chi connectivity index (χ1) is 26.4. The summed E-state index contributed by atoms with van der Waals surface area (Å²) >= 11 is 0. The zero-order valence-corrected chi connectivity index (χ0v) is 32.5. The minimum absolute atomic E-state index is 0.0317. The van der Waals surface area contributed by atoms with Gasteiger partial charge in [-0.15, -0.1) is 0 Å². The lowest BCUT2D eigenvalue weighted by molar-refractivity contribution is 0.590. The Bertz CT molecular complexity index is 3090. The van der Waals surface area contributed by atoms with E-state index in [1.54, 1.807) is 0 Å². The van der Waals surface area contributed by atoms with Gasteiger partial charge in [-0.1, -0.05) is 127 Å². The fourth-order valence-electron chi connectivity index (χ4n) is 9.84.